The number of rotatable bonds is 5. The van der Waals surface area contributed by atoms with Crippen LogP contribution in [0.25, 0.3) is 0 Å². The lowest BCUT2D eigenvalue weighted by atomic mass is 10.2. The Morgan fingerprint density at radius 3 is 2.70 bits per heavy atom. The fraction of sp³-hybridized carbons (Fsp3) is 0.308. The molecule has 2 aromatic rings. The molecule has 0 bridgehead atoms. The first kappa shape index (κ1) is 14.7. The number of sulfonamides is 1. The molecule has 0 spiro atoms. The van der Waals surface area contributed by atoms with E-state index in [1.165, 1.54) is 22.6 Å². The number of benzene rings is 1. The first-order valence-electron chi connectivity index (χ1n) is 6.19. The Bertz CT molecular complexity index is 697. The minimum absolute atomic E-state index is 0.0493. The average Bonchev–Trinajstić information content (AvgIpc) is 2.83. The number of hydrogen-bond acceptors (Lipinski definition) is 3. The molecule has 108 valence electrons. The van der Waals surface area contributed by atoms with E-state index in [2.05, 4.69) is 9.97 Å². The summed E-state index contributed by atoms with van der Waals surface area (Å²) in [4.78, 5) is 6.61. The molecule has 0 amide bonds. The number of nitrogens with zero attached hydrogens (tertiary/aromatic N) is 2. The van der Waals surface area contributed by atoms with Crippen molar-refractivity contribution >= 4 is 10.0 Å². The van der Waals surface area contributed by atoms with Crippen LogP contribution in [0.4, 0.5) is 4.39 Å². The van der Waals surface area contributed by atoms with Crippen molar-refractivity contribution in [2.45, 2.75) is 25.4 Å². The number of halogens is 1. The lowest BCUT2D eigenvalue weighted by Crippen LogP contribution is -2.30. The molecule has 1 heterocycles. The summed E-state index contributed by atoms with van der Waals surface area (Å²) in [5.74, 6) is 0.152. The van der Waals surface area contributed by atoms with Gasteiger partial charge in [0.15, 0.2) is 5.03 Å². The van der Waals surface area contributed by atoms with E-state index in [-0.39, 0.29) is 23.9 Å². The Morgan fingerprint density at radius 1 is 1.40 bits per heavy atom. The summed E-state index contributed by atoms with van der Waals surface area (Å²) in [6.45, 7) is 3.83. The van der Waals surface area contributed by atoms with E-state index in [4.69, 9.17) is 0 Å². The van der Waals surface area contributed by atoms with E-state index >= 15 is 0 Å². The van der Waals surface area contributed by atoms with Gasteiger partial charge in [-0.05, 0) is 24.6 Å². The van der Waals surface area contributed by atoms with Crippen LogP contribution in [0.2, 0.25) is 0 Å². The fourth-order valence-electron chi connectivity index (χ4n) is 1.87. The third-order valence-corrected chi connectivity index (χ3v) is 4.73. The molecular formula is C13H16FN3O2S. The lowest BCUT2D eigenvalue weighted by Gasteiger charge is -2.19. The molecule has 0 aliphatic rings. The summed E-state index contributed by atoms with van der Waals surface area (Å²) in [6.07, 6.45) is 1.29. The van der Waals surface area contributed by atoms with E-state index in [9.17, 15) is 12.8 Å². The minimum Gasteiger partial charge on any atom is -0.332 e. The van der Waals surface area contributed by atoms with Crippen molar-refractivity contribution < 1.29 is 12.8 Å². The van der Waals surface area contributed by atoms with Crippen LogP contribution in [0.3, 0.4) is 0 Å². The van der Waals surface area contributed by atoms with Crippen LogP contribution in [0, 0.1) is 12.7 Å². The second-order valence-corrected chi connectivity index (χ2v) is 6.30. The van der Waals surface area contributed by atoms with Crippen molar-refractivity contribution in [2.75, 3.05) is 6.54 Å². The molecular weight excluding hydrogens is 281 g/mol. The van der Waals surface area contributed by atoms with Gasteiger partial charge >= 0.3 is 0 Å². The number of aromatic nitrogens is 2. The van der Waals surface area contributed by atoms with Crippen LogP contribution >= 0.6 is 0 Å². The Labute approximate surface area is 117 Å². The number of nitrogens with one attached hydrogen (secondary N) is 1. The number of aromatic amines is 1. The maximum Gasteiger partial charge on any atom is 0.260 e. The molecule has 1 aromatic heterocycles. The highest BCUT2D eigenvalue weighted by Crippen LogP contribution is 2.17. The van der Waals surface area contributed by atoms with Crippen LogP contribution in [0.15, 0.2) is 35.5 Å². The predicted molar refractivity (Wildman–Crippen MR) is 73.0 cm³/mol. The van der Waals surface area contributed by atoms with Gasteiger partial charge in [0, 0.05) is 13.1 Å². The van der Waals surface area contributed by atoms with E-state index in [1.54, 1.807) is 26.0 Å². The van der Waals surface area contributed by atoms with Gasteiger partial charge < -0.3 is 4.98 Å². The van der Waals surface area contributed by atoms with Crippen LogP contribution in [-0.4, -0.2) is 29.2 Å². The molecule has 0 unspecified atom stereocenters. The Morgan fingerprint density at radius 2 is 2.15 bits per heavy atom. The van der Waals surface area contributed by atoms with Crippen LogP contribution in [-0.2, 0) is 16.6 Å². The van der Waals surface area contributed by atoms with Gasteiger partial charge in [0.25, 0.3) is 10.0 Å². The fourth-order valence-corrected chi connectivity index (χ4v) is 3.27. The topological polar surface area (TPSA) is 66.1 Å². The second-order valence-electron chi connectivity index (χ2n) is 4.39. The van der Waals surface area contributed by atoms with Crippen molar-refractivity contribution in [2.24, 2.45) is 0 Å². The van der Waals surface area contributed by atoms with Gasteiger partial charge in [0.1, 0.15) is 11.6 Å². The SMILES string of the molecule is CCN(Cc1cccc(F)c1)S(=O)(=O)c1cnc(C)[nH]1. The molecule has 0 fully saturated rings. The Kier molecular flexibility index (Phi) is 4.20. The van der Waals surface area contributed by atoms with Gasteiger partial charge in [-0.25, -0.2) is 17.8 Å². The predicted octanol–water partition coefficient (Wildman–Crippen LogP) is 2.07. The van der Waals surface area contributed by atoms with E-state index in [0.29, 0.717) is 11.4 Å². The molecule has 0 aliphatic heterocycles. The van der Waals surface area contributed by atoms with Gasteiger partial charge in [-0.2, -0.15) is 4.31 Å². The Hall–Kier alpha value is -1.73. The number of imidazole rings is 1. The zero-order valence-corrected chi connectivity index (χ0v) is 12.1. The maximum atomic E-state index is 13.2. The smallest absolute Gasteiger partial charge is 0.260 e. The monoisotopic (exact) mass is 297 g/mol. The van der Waals surface area contributed by atoms with Crippen molar-refractivity contribution in [1.29, 1.82) is 0 Å². The third kappa shape index (κ3) is 3.05. The summed E-state index contributed by atoms with van der Waals surface area (Å²) in [5, 5.41) is 0.0493. The quantitative estimate of drug-likeness (QED) is 0.918. The van der Waals surface area contributed by atoms with Gasteiger partial charge in [-0.3, -0.25) is 0 Å². The molecule has 20 heavy (non-hydrogen) atoms. The number of hydrogen-bond donors (Lipinski definition) is 1. The number of aryl methyl sites for hydroxylation is 1. The molecule has 0 saturated carbocycles. The van der Waals surface area contributed by atoms with E-state index in [0.717, 1.165) is 0 Å². The average molecular weight is 297 g/mol. The van der Waals surface area contributed by atoms with Crippen LogP contribution in [0.5, 0.6) is 0 Å². The highest BCUT2D eigenvalue weighted by Gasteiger charge is 2.25. The molecule has 0 radical (unpaired) electrons. The molecule has 0 aliphatic carbocycles. The van der Waals surface area contributed by atoms with Gasteiger partial charge in [0.05, 0.1) is 6.20 Å². The van der Waals surface area contributed by atoms with Gasteiger partial charge in [-0.15, -0.1) is 0 Å². The molecule has 7 heteroatoms. The zero-order valence-electron chi connectivity index (χ0n) is 11.3. The normalized spacial score (nSPS) is 12.0. The largest absolute Gasteiger partial charge is 0.332 e. The van der Waals surface area contributed by atoms with Crippen molar-refractivity contribution in [1.82, 2.24) is 14.3 Å². The number of H-pyrrole nitrogens is 1. The second kappa shape index (κ2) is 5.72. The molecule has 1 aromatic carbocycles. The van der Waals surface area contributed by atoms with Crippen molar-refractivity contribution in [3.63, 3.8) is 0 Å². The summed E-state index contributed by atoms with van der Waals surface area (Å²) in [7, 11) is -3.65. The minimum atomic E-state index is -3.65. The molecule has 5 nitrogen and oxygen atoms in total. The lowest BCUT2D eigenvalue weighted by molar-refractivity contribution is 0.420. The Balaban J connectivity index is 2.28. The third-order valence-electron chi connectivity index (χ3n) is 2.90. The van der Waals surface area contributed by atoms with Gasteiger partial charge in [-0.1, -0.05) is 19.1 Å². The standard InChI is InChI=1S/C13H16FN3O2S/c1-3-17(9-11-5-4-6-12(14)7-11)20(18,19)13-8-15-10(2)16-13/h4-8H,3,9H2,1-2H3,(H,15,16). The van der Waals surface area contributed by atoms with Gasteiger partial charge in [0.2, 0.25) is 0 Å². The molecule has 2 rings (SSSR count). The molecule has 0 saturated heterocycles. The first-order chi connectivity index (χ1) is 9.43. The maximum absolute atomic E-state index is 13.2. The highest BCUT2D eigenvalue weighted by molar-refractivity contribution is 7.89. The zero-order chi connectivity index (χ0) is 14.8. The van der Waals surface area contributed by atoms with Crippen LogP contribution < -0.4 is 0 Å². The van der Waals surface area contributed by atoms with Crippen molar-refractivity contribution in [3.05, 3.63) is 47.7 Å². The first-order valence-corrected chi connectivity index (χ1v) is 7.63. The van der Waals surface area contributed by atoms with Crippen molar-refractivity contribution in [3.8, 4) is 0 Å². The summed E-state index contributed by atoms with van der Waals surface area (Å²) < 4.78 is 39.3. The molecule has 0 atom stereocenters. The summed E-state index contributed by atoms with van der Waals surface area (Å²) >= 11 is 0. The molecule has 1 N–H and O–H groups in total. The summed E-state index contributed by atoms with van der Waals surface area (Å²) in [5.41, 5.74) is 0.603. The van der Waals surface area contributed by atoms with E-state index in [1.807, 2.05) is 0 Å². The van der Waals surface area contributed by atoms with Crippen LogP contribution in [0.1, 0.15) is 18.3 Å². The summed E-state index contributed by atoms with van der Waals surface area (Å²) in [6, 6.07) is 5.91. The van der Waals surface area contributed by atoms with E-state index < -0.39 is 10.0 Å². The highest BCUT2D eigenvalue weighted by atomic mass is 32.2.